The summed E-state index contributed by atoms with van der Waals surface area (Å²) in [4.78, 5) is 0. The van der Waals surface area contributed by atoms with Crippen LogP contribution in [0.25, 0.3) is 60.1 Å². The number of aromatic nitrogens is 2. The van der Waals surface area contributed by atoms with E-state index >= 15 is 0 Å². The average Bonchev–Trinajstić information content (AvgIpc) is 3.14. The Labute approximate surface area is 190 Å². The number of benzene rings is 4. The topological polar surface area (TPSA) is 8.29 Å². The third kappa shape index (κ3) is 2.34. The summed E-state index contributed by atoms with van der Waals surface area (Å²) in [5.41, 5.74) is 9.23. The molecule has 3 aromatic heterocycles. The summed E-state index contributed by atoms with van der Waals surface area (Å²) in [5, 5.41) is 5.69. The molecule has 0 fully saturated rings. The molecule has 0 N–H and O–H groups in total. The highest BCUT2D eigenvalue weighted by atomic mass is 19.1. The first-order valence-electron chi connectivity index (χ1n) is 11.3. The van der Waals surface area contributed by atoms with Gasteiger partial charge >= 0.3 is 0 Å². The highest BCUT2D eigenvalue weighted by Gasteiger charge is 2.25. The summed E-state index contributed by atoms with van der Waals surface area (Å²) >= 11 is 0. The van der Waals surface area contributed by atoms with Crippen molar-refractivity contribution in [1.82, 2.24) is 4.40 Å². The standard InChI is InChI=1S/C30H22FN2/c1-17-13-24-23-10-9-20(19-7-5-4-6-8-19)15-25(23)33-26-16-22(31)14-21-11-12-32(3)30(28(21)26)27(18(17)2)29(24)33/h4-16H,1-3H3/q+1. The van der Waals surface area contributed by atoms with E-state index in [0.717, 1.165) is 32.9 Å². The van der Waals surface area contributed by atoms with Gasteiger partial charge in [0.15, 0.2) is 6.20 Å². The van der Waals surface area contributed by atoms with Crippen molar-refractivity contribution >= 4 is 49.0 Å². The maximum atomic E-state index is 14.9. The van der Waals surface area contributed by atoms with Crippen LogP contribution in [0.2, 0.25) is 0 Å². The zero-order valence-corrected chi connectivity index (χ0v) is 18.8. The van der Waals surface area contributed by atoms with Crippen LogP contribution in [0, 0.1) is 19.7 Å². The summed E-state index contributed by atoms with van der Waals surface area (Å²) in [6.45, 7) is 4.39. The molecule has 0 radical (unpaired) electrons. The predicted molar refractivity (Wildman–Crippen MR) is 135 cm³/mol. The minimum Gasteiger partial charge on any atom is -0.307 e. The molecule has 0 aliphatic heterocycles. The molecule has 7 rings (SSSR count). The molecule has 0 saturated carbocycles. The highest BCUT2D eigenvalue weighted by Crippen LogP contribution is 2.42. The van der Waals surface area contributed by atoms with E-state index in [2.05, 4.69) is 78.4 Å². The lowest BCUT2D eigenvalue weighted by Gasteiger charge is -2.14. The Bertz CT molecular complexity index is 1890. The number of aryl methyl sites for hydroxylation is 3. The average molecular weight is 430 g/mol. The van der Waals surface area contributed by atoms with E-state index in [4.69, 9.17) is 0 Å². The molecule has 0 spiro atoms. The molecule has 158 valence electrons. The van der Waals surface area contributed by atoms with Crippen molar-refractivity contribution in [3.8, 4) is 11.1 Å². The lowest BCUT2D eigenvalue weighted by atomic mass is 9.96. The maximum absolute atomic E-state index is 14.9. The summed E-state index contributed by atoms with van der Waals surface area (Å²) in [6, 6.07) is 24.8. The Morgan fingerprint density at radius 2 is 1.58 bits per heavy atom. The van der Waals surface area contributed by atoms with Gasteiger partial charge in [-0.15, -0.1) is 0 Å². The van der Waals surface area contributed by atoms with Gasteiger partial charge in [0.05, 0.1) is 27.3 Å². The Kier molecular flexibility index (Phi) is 3.54. The lowest BCUT2D eigenvalue weighted by Crippen LogP contribution is -2.29. The monoisotopic (exact) mass is 429 g/mol. The molecule has 0 unspecified atom stereocenters. The molecule has 3 heteroatoms. The third-order valence-electron chi connectivity index (χ3n) is 7.34. The zero-order valence-electron chi connectivity index (χ0n) is 18.8. The van der Waals surface area contributed by atoms with Crippen LogP contribution in [0.5, 0.6) is 0 Å². The number of rotatable bonds is 1. The molecule has 0 aliphatic carbocycles. The van der Waals surface area contributed by atoms with Gasteiger partial charge in [-0.3, -0.25) is 0 Å². The first-order chi connectivity index (χ1) is 16.0. The van der Waals surface area contributed by atoms with Crippen molar-refractivity contribution in [2.75, 3.05) is 0 Å². The van der Waals surface area contributed by atoms with Gasteiger partial charge < -0.3 is 4.40 Å². The van der Waals surface area contributed by atoms with E-state index in [9.17, 15) is 4.39 Å². The normalized spacial score (nSPS) is 12.2. The molecule has 0 aliphatic rings. The smallest absolute Gasteiger partial charge is 0.224 e. The van der Waals surface area contributed by atoms with Crippen molar-refractivity contribution in [3.63, 3.8) is 0 Å². The summed E-state index contributed by atoms with van der Waals surface area (Å²) in [7, 11) is 2.08. The number of halogens is 1. The maximum Gasteiger partial charge on any atom is 0.224 e. The summed E-state index contributed by atoms with van der Waals surface area (Å²) < 4.78 is 19.3. The zero-order chi connectivity index (χ0) is 22.4. The first kappa shape index (κ1) is 18.6. The van der Waals surface area contributed by atoms with Crippen LogP contribution in [0.4, 0.5) is 4.39 Å². The molecule has 0 saturated heterocycles. The number of hydrogen-bond donors (Lipinski definition) is 0. The predicted octanol–water partition coefficient (Wildman–Crippen LogP) is 7.24. The van der Waals surface area contributed by atoms with Gasteiger partial charge in [-0.2, -0.15) is 0 Å². The Hall–Kier alpha value is -3.98. The Balaban J connectivity index is 1.83. The second-order valence-electron chi connectivity index (χ2n) is 9.19. The van der Waals surface area contributed by atoms with E-state index in [1.54, 1.807) is 12.1 Å². The Morgan fingerprint density at radius 1 is 0.758 bits per heavy atom. The molecule has 33 heavy (non-hydrogen) atoms. The van der Waals surface area contributed by atoms with Crippen LogP contribution in [-0.4, -0.2) is 4.40 Å². The van der Waals surface area contributed by atoms with E-state index in [0.29, 0.717) is 0 Å². The molecule has 0 bridgehead atoms. The van der Waals surface area contributed by atoms with Gasteiger partial charge in [-0.05, 0) is 65.8 Å². The van der Waals surface area contributed by atoms with Gasteiger partial charge in [0.2, 0.25) is 5.52 Å². The van der Waals surface area contributed by atoms with Crippen LogP contribution >= 0.6 is 0 Å². The van der Waals surface area contributed by atoms with Crippen LogP contribution in [-0.2, 0) is 7.05 Å². The largest absolute Gasteiger partial charge is 0.307 e. The second kappa shape index (κ2) is 6.29. The molecule has 3 heterocycles. The minimum absolute atomic E-state index is 0.209. The van der Waals surface area contributed by atoms with Crippen molar-refractivity contribution in [3.05, 3.63) is 95.9 Å². The number of nitrogens with zero attached hydrogens (tertiary/aromatic N) is 2. The molecular weight excluding hydrogens is 407 g/mol. The number of pyridine rings is 2. The SMILES string of the molecule is Cc1cc2c3ccc(-c4ccccc4)cc3n3c4cc(F)cc5cc[n+](C)c(c(c1C)c23)c54. The van der Waals surface area contributed by atoms with Gasteiger partial charge in [-0.25, -0.2) is 8.96 Å². The molecule has 0 amide bonds. The lowest BCUT2D eigenvalue weighted by molar-refractivity contribution is -0.643. The molecular formula is C30H22FN2+. The van der Waals surface area contributed by atoms with Crippen molar-refractivity contribution < 1.29 is 8.96 Å². The Morgan fingerprint density at radius 3 is 2.39 bits per heavy atom. The van der Waals surface area contributed by atoms with Crippen LogP contribution in [0.1, 0.15) is 11.1 Å². The molecule has 0 atom stereocenters. The minimum atomic E-state index is -0.209. The van der Waals surface area contributed by atoms with Crippen molar-refractivity contribution in [2.24, 2.45) is 7.05 Å². The highest BCUT2D eigenvalue weighted by molar-refractivity contribution is 6.26. The number of fused-ring (bicyclic) bond motifs is 5. The number of hydrogen-bond acceptors (Lipinski definition) is 0. The quantitative estimate of drug-likeness (QED) is 0.148. The fourth-order valence-electron chi connectivity index (χ4n) is 5.68. The van der Waals surface area contributed by atoms with E-state index in [-0.39, 0.29) is 5.82 Å². The van der Waals surface area contributed by atoms with Crippen LogP contribution in [0.15, 0.2) is 79.0 Å². The summed E-state index contributed by atoms with van der Waals surface area (Å²) in [6.07, 6.45) is 2.04. The summed E-state index contributed by atoms with van der Waals surface area (Å²) in [5.74, 6) is -0.209. The molecule has 4 aromatic carbocycles. The van der Waals surface area contributed by atoms with Crippen molar-refractivity contribution in [2.45, 2.75) is 13.8 Å². The van der Waals surface area contributed by atoms with E-state index in [1.807, 2.05) is 18.3 Å². The fraction of sp³-hybridized carbons (Fsp3) is 0.100. The van der Waals surface area contributed by atoms with Gasteiger partial charge in [-0.1, -0.05) is 42.5 Å². The molecule has 7 aromatic rings. The second-order valence-corrected chi connectivity index (χ2v) is 9.19. The van der Waals surface area contributed by atoms with E-state index in [1.165, 1.54) is 38.4 Å². The van der Waals surface area contributed by atoms with Gasteiger partial charge in [0.25, 0.3) is 0 Å². The third-order valence-corrected chi connectivity index (χ3v) is 7.34. The fourth-order valence-corrected chi connectivity index (χ4v) is 5.68. The van der Waals surface area contributed by atoms with Crippen LogP contribution in [0.3, 0.4) is 0 Å². The van der Waals surface area contributed by atoms with Crippen LogP contribution < -0.4 is 4.57 Å². The van der Waals surface area contributed by atoms with Gasteiger partial charge in [0, 0.05) is 16.8 Å². The van der Waals surface area contributed by atoms with Gasteiger partial charge in [0.1, 0.15) is 12.9 Å². The van der Waals surface area contributed by atoms with E-state index < -0.39 is 0 Å². The first-order valence-corrected chi connectivity index (χ1v) is 11.3. The van der Waals surface area contributed by atoms with Crippen molar-refractivity contribution in [1.29, 1.82) is 0 Å². The molecule has 2 nitrogen and oxygen atoms in total.